The van der Waals surface area contributed by atoms with Crippen molar-refractivity contribution in [3.63, 3.8) is 0 Å². The van der Waals surface area contributed by atoms with Gasteiger partial charge in [-0.3, -0.25) is 14.5 Å². The number of nitrogen functional groups attached to an aromatic ring is 1. The van der Waals surface area contributed by atoms with Crippen LogP contribution < -0.4 is 16.8 Å². The third kappa shape index (κ3) is 3.65. The van der Waals surface area contributed by atoms with Crippen molar-refractivity contribution in [2.24, 2.45) is 11.7 Å². The molecule has 2 atom stereocenters. The fourth-order valence-corrected chi connectivity index (χ4v) is 2.52. The smallest absolute Gasteiger partial charge is 0.241 e. The standard InChI is InChI=1S/C14H19ClN4O2/c1-8(19-5-4-9(7-19)13(17)20)14(21)18-10-2-3-11(15)12(16)6-10/h2-3,6,8-9H,4-5,7,16H2,1H3,(H2,17,20)(H,18,21). The van der Waals surface area contributed by atoms with Gasteiger partial charge in [0.05, 0.1) is 22.7 Å². The fourth-order valence-electron chi connectivity index (χ4n) is 2.41. The molecule has 114 valence electrons. The third-order valence-electron chi connectivity index (χ3n) is 3.81. The lowest BCUT2D eigenvalue weighted by atomic mass is 10.1. The van der Waals surface area contributed by atoms with E-state index < -0.39 is 0 Å². The molecular formula is C14H19ClN4O2. The average Bonchev–Trinajstić information content (AvgIpc) is 2.92. The summed E-state index contributed by atoms with van der Waals surface area (Å²) in [7, 11) is 0. The first kappa shape index (κ1) is 15.6. The molecular weight excluding hydrogens is 292 g/mol. The first-order chi connectivity index (χ1) is 9.88. The molecule has 1 heterocycles. The molecule has 21 heavy (non-hydrogen) atoms. The molecule has 0 bridgehead atoms. The second-order valence-corrected chi connectivity index (χ2v) is 5.69. The summed E-state index contributed by atoms with van der Waals surface area (Å²) in [6.45, 7) is 3.01. The summed E-state index contributed by atoms with van der Waals surface area (Å²) in [5, 5.41) is 3.24. The van der Waals surface area contributed by atoms with Gasteiger partial charge < -0.3 is 16.8 Å². The SMILES string of the molecule is CC(C(=O)Nc1ccc(Cl)c(N)c1)N1CCC(C(N)=O)C1. The number of primary amides is 1. The molecule has 7 heteroatoms. The number of nitrogens with one attached hydrogen (secondary N) is 1. The lowest BCUT2D eigenvalue weighted by Gasteiger charge is -2.23. The lowest BCUT2D eigenvalue weighted by molar-refractivity contribution is -0.123. The van der Waals surface area contributed by atoms with Crippen molar-refractivity contribution in [3.05, 3.63) is 23.2 Å². The normalized spacial score (nSPS) is 20.2. The second-order valence-electron chi connectivity index (χ2n) is 5.28. The fraction of sp³-hybridized carbons (Fsp3) is 0.429. The van der Waals surface area contributed by atoms with E-state index in [9.17, 15) is 9.59 Å². The number of halogens is 1. The van der Waals surface area contributed by atoms with Crippen LogP contribution in [0.1, 0.15) is 13.3 Å². The Kier molecular flexibility index (Phi) is 4.69. The molecule has 5 N–H and O–H groups in total. The van der Waals surface area contributed by atoms with Crippen LogP contribution in [0.3, 0.4) is 0 Å². The Morgan fingerprint density at radius 3 is 2.76 bits per heavy atom. The van der Waals surface area contributed by atoms with Gasteiger partial charge in [-0.2, -0.15) is 0 Å². The minimum atomic E-state index is -0.341. The van der Waals surface area contributed by atoms with Crippen molar-refractivity contribution in [1.29, 1.82) is 0 Å². The first-order valence-corrected chi connectivity index (χ1v) is 7.15. The lowest BCUT2D eigenvalue weighted by Crippen LogP contribution is -2.41. The van der Waals surface area contributed by atoms with Crippen molar-refractivity contribution >= 4 is 34.8 Å². The molecule has 2 amide bonds. The molecule has 1 saturated heterocycles. The minimum Gasteiger partial charge on any atom is -0.397 e. The van der Waals surface area contributed by atoms with Crippen molar-refractivity contribution in [2.45, 2.75) is 19.4 Å². The Balaban J connectivity index is 1.97. The van der Waals surface area contributed by atoms with Crippen LogP contribution in [0.15, 0.2) is 18.2 Å². The van der Waals surface area contributed by atoms with Crippen LogP contribution in [0, 0.1) is 5.92 Å². The van der Waals surface area contributed by atoms with E-state index >= 15 is 0 Å². The van der Waals surface area contributed by atoms with Crippen LogP contribution in [-0.4, -0.2) is 35.8 Å². The van der Waals surface area contributed by atoms with Crippen molar-refractivity contribution in [1.82, 2.24) is 4.90 Å². The summed E-state index contributed by atoms with van der Waals surface area (Å²) in [5.41, 5.74) is 12.0. The molecule has 1 aliphatic rings. The Morgan fingerprint density at radius 2 is 2.19 bits per heavy atom. The summed E-state index contributed by atoms with van der Waals surface area (Å²) >= 11 is 5.84. The first-order valence-electron chi connectivity index (χ1n) is 6.77. The maximum atomic E-state index is 12.2. The summed E-state index contributed by atoms with van der Waals surface area (Å²) in [6, 6.07) is 4.60. The monoisotopic (exact) mass is 310 g/mol. The predicted octanol–water partition coefficient (Wildman–Crippen LogP) is 1.06. The largest absolute Gasteiger partial charge is 0.397 e. The van der Waals surface area contributed by atoms with Crippen LogP contribution in [-0.2, 0) is 9.59 Å². The van der Waals surface area contributed by atoms with Gasteiger partial charge >= 0.3 is 0 Å². The number of nitrogens with two attached hydrogens (primary N) is 2. The molecule has 0 spiro atoms. The number of rotatable bonds is 4. The molecule has 6 nitrogen and oxygen atoms in total. The molecule has 2 unspecified atom stereocenters. The van der Waals surface area contributed by atoms with E-state index in [-0.39, 0.29) is 23.8 Å². The van der Waals surface area contributed by atoms with Gasteiger partial charge in [0.25, 0.3) is 0 Å². The number of benzene rings is 1. The molecule has 1 aliphatic heterocycles. The van der Waals surface area contributed by atoms with Gasteiger partial charge in [0.2, 0.25) is 11.8 Å². The Hall–Kier alpha value is -1.79. The number of carbonyl (C=O) groups is 2. The maximum absolute atomic E-state index is 12.2. The zero-order valence-electron chi connectivity index (χ0n) is 11.8. The summed E-state index contributed by atoms with van der Waals surface area (Å²) in [5.74, 6) is -0.635. The molecule has 0 radical (unpaired) electrons. The highest BCUT2D eigenvalue weighted by Crippen LogP contribution is 2.23. The van der Waals surface area contributed by atoms with Gasteiger partial charge in [0, 0.05) is 12.2 Å². The number of hydrogen-bond donors (Lipinski definition) is 3. The summed E-state index contributed by atoms with van der Waals surface area (Å²) in [6.07, 6.45) is 0.695. The Bertz CT molecular complexity index is 564. The molecule has 1 fully saturated rings. The highest BCUT2D eigenvalue weighted by atomic mass is 35.5. The number of amides is 2. The highest BCUT2D eigenvalue weighted by Gasteiger charge is 2.32. The minimum absolute atomic E-state index is 0.151. The quantitative estimate of drug-likeness (QED) is 0.724. The number of anilines is 2. The van der Waals surface area contributed by atoms with Crippen molar-refractivity contribution < 1.29 is 9.59 Å². The van der Waals surface area contributed by atoms with Gasteiger partial charge in [-0.25, -0.2) is 0 Å². The molecule has 2 rings (SSSR count). The Morgan fingerprint density at radius 1 is 1.48 bits per heavy atom. The molecule has 1 aromatic rings. The summed E-state index contributed by atoms with van der Waals surface area (Å²) < 4.78 is 0. The van der Waals surface area contributed by atoms with Crippen LogP contribution in [0.5, 0.6) is 0 Å². The highest BCUT2D eigenvalue weighted by molar-refractivity contribution is 6.33. The van der Waals surface area contributed by atoms with Crippen LogP contribution in [0.25, 0.3) is 0 Å². The van der Waals surface area contributed by atoms with E-state index in [2.05, 4.69) is 5.32 Å². The molecule has 0 aliphatic carbocycles. The molecule has 1 aromatic carbocycles. The van der Waals surface area contributed by atoms with Gasteiger partial charge in [0.1, 0.15) is 0 Å². The summed E-state index contributed by atoms with van der Waals surface area (Å²) in [4.78, 5) is 25.3. The van der Waals surface area contributed by atoms with Crippen LogP contribution in [0.2, 0.25) is 5.02 Å². The second kappa shape index (κ2) is 6.32. The number of hydrogen-bond acceptors (Lipinski definition) is 4. The van der Waals surface area contributed by atoms with Crippen molar-refractivity contribution in [2.75, 3.05) is 24.1 Å². The zero-order valence-corrected chi connectivity index (χ0v) is 12.6. The topological polar surface area (TPSA) is 101 Å². The van der Waals surface area contributed by atoms with E-state index in [1.54, 1.807) is 25.1 Å². The van der Waals surface area contributed by atoms with E-state index in [1.165, 1.54) is 0 Å². The van der Waals surface area contributed by atoms with Gasteiger partial charge in [-0.15, -0.1) is 0 Å². The third-order valence-corrected chi connectivity index (χ3v) is 4.16. The van der Waals surface area contributed by atoms with Gasteiger partial charge in [-0.05, 0) is 38.1 Å². The maximum Gasteiger partial charge on any atom is 0.241 e. The van der Waals surface area contributed by atoms with Crippen LogP contribution in [0.4, 0.5) is 11.4 Å². The average molecular weight is 311 g/mol. The van der Waals surface area contributed by atoms with Crippen molar-refractivity contribution in [3.8, 4) is 0 Å². The molecule has 0 saturated carbocycles. The van der Waals surface area contributed by atoms with Crippen LogP contribution >= 0.6 is 11.6 Å². The number of carbonyl (C=O) groups excluding carboxylic acids is 2. The zero-order chi connectivity index (χ0) is 15.6. The van der Waals surface area contributed by atoms with E-state index in [0.717, 1.165) is 0 Å². The number of likely N-dealkylation sites (tertiary alicyclic amines) is 1. The van der Waals surface area contributed by atoms with E-state index in [0.29, 0.717) is 35.9 Å². The van der Waals surface area contributed by atoms with Gasteiger partial charge in [-0.1, -0.05) is 11.6 Å². The van der Waals surface area contributed by atoms with E-state index in [4.69, 9.17) is 23.1 Å². The molecule has 0 aromatic heterocycles. The van der Waals surface area contributed by atoms with E-state index in [1.807, 2.05) is 4.90 Å². The number of nitrogens with zero attached hydrogens (tertiary/aromatic N) is 1. The Labute approximate surface area is 128 Å². The predicted molar refractivity (Wildman–Crippen MR) is 82.8 cm³/mol. The van der Waals surface area contributed by atoms with Gasteiger partial charge in [0.15, 0.2) is 0 Å².